The van der Waals surface area contributed by atoms with E-state index in [0.29, 0.717) is 35.6 Å². The molecule has 2 heterocycles. The molecule has 0 aliphatic carbocycles. The topological polar surface area (TPSA) is 121 Å². The predicted octanol–water partition coefficient (Wildman–Crippen LogP) is 0.627. The molecule has 2 aromatic rings. The average molecular weight is 371 g/mol. The first-order valence-electron chi connectivity index (χ1n) is 9.19. The van der Waals surface area contributed by atoms with Gasteiger partial charge < -0.3 is 20.9 Å². The molecule has 144 valence electrons. The van der Waals surface area contributed by atoms with Crippen LogP contribution in [0.4, 0.5) is 0 Å². The number of amides is 2. The first-order chi connectivity index (χ1) is 12.8. The van der Waals surface area contributed by atoms with Gasteiger partial charge in [0.05, 0.1) is 23.3 Å². The molecular weight excluding hydrogens is 346 g/mol. The van der Waals surface area contributed by atoms with Gasteiger partial charge in [-0.2, -0.15) is 0 Å². The fraction of sp³-hybridized carbons (Fsp3) is 0.474. The van der Waals surface area contributed by atoms with Crippen LogP contribution in [0.1, 0.15) is 37.0 Å². The van der Waals surface area contributed by atoms with Crippen LogP contribution in [-0.4, -0.2) is 51.9 Å². The number of nitrogens with zero attached hydrogens (tertiary/aromatic N) is 2. The number of H-pyrrole nitrogens is 1. The number of aromatic nitrogens is 2. The first-order valence-corrected chi connectivity index (χ1v) is 9.19. The fourth-order valence-electron chi connectivity index (χ4n) is 3.50. The highest BCUT2D eigenvalue weighted by Gasteiger charge is 2.28. The van der Waals surface area contributed by atoms with Gasteiger partial charge in [-0.15, -0.1) is 0 Å². The zero-order chi connectivity index (χ0) is 19.6. The Morgan fingerprint density at radius 2 is 2.00 bits per heavy atom. The average Bonchev–Trinajstić information content (AvgIpc) is 2.66. The lowest BCUT2D eigenvalue weighted by atomic mass is 9.90. The summed E-state index contributed by atoms with van der Waals surface area (Å²) in [7, 11) is 0. The van der Waals surface area contributed by atoms with E-state index in [1.165, 1.54) is 6.20 Å². The van der Waals surface area contributed by atoms with Crippen molar-refractivity contribution in [2.45, 2.75) is 38.8 Å². The Bertz CT molecular complexity index is 900. The summed E-state index contributed by atoms with van der Waals surface area (Å²) in [6.45, 7) is 5.00. The molecule has 4 N–H and O–H groups in total. The minimum Gasteiger partial charge on any atom is -0.349 e. The first kappa shape index (κ1) is 19.0. The van der Waals surface area contributed by atoms with Crippen LogP contribution < -0.4 is 16.6 Å². The molecule has 2 atom stereocenters. The lowest BCUT2D eigenvalue weighted by Gasteiger charge is -2.35. The molecule has 1 saturated heterocycles. The van der Waals surface area contributed by atoms with Crippen molar-refractivity contribution in [2.75, 3.05) is 13.1 Å². The van der Waals surface area contributed by atoms with Crippen molar-refractivity contribution in [3.63, 3.8) is 0 Å². The maximum absolute atomic E-state index is 12.6. The van der Waals surface area contributed by atoms with Gasteiger partial charge in [0, 0.05) is 24.7 Å². The number of nitrogens with two attached hydrogens (primary N) is 1. The van der Waals surface area contributed by atoms with Crippen molar-refractivity contribution in [1.29, 1.82) is 0 Å². The Hall–Kier alpha value is -2.74. The van der Waals surface area contributed by atoms with E-state index in [-0.39, 0.29) is 23.4 Å². The SMILES string of the molecule is CC(N)C(=O)N1CCC(C(C)NC(=O)c2ccc3ncc(=O)[nH]c3c2)CC1. The fourth-order valence-corrected chi connectivity index (χ4v) is 3.50. The van der Waals surface area contributed by atoms with E-state index in [9.17, 15) is 14.4 Å². The van der Waals surface area contributed by atoms with Crippen molar-refractivity contribution >= 4 is 22.8 Å². The summed E-state index contributed by atoms with van der Waals surface area (Å²) in [5.41, 5.74) is 7.00. The summed E-state index contributed by atoms with van der Waals surface area (Å²) >= 11 is 0. The minimum absolute atomic E-state index is 0.0197. The number of likely N-dealkylation sites (tertiary alicyclic amines) is 1. The van der Waals surface area contributed by atoms with Gasteiger partial charge in [0.1, 0.15) is 0 Å². The van der Waals surface area contributed by atoms with Gasteiger partial charge in [-0.1, -0.05) is 0 Å². The van der Waals surface area contributed by atoms with Gasteiger partial charge in [0.2, 0.25) is 5.91 Å². The van der Waals surface area contributed by atoms with Crippen LogP contribution in [0.25, 0.3) is 11.0 Å². The number of hydrogen-bond donors (Lipinski definition) is 3. The molecular formula is C19H25N5O3. The van der Waals surface area contributed by atoms with Crippen LogP contribution in [0.2, 0.25) is 0 Å². The van der Waals surface area contributed by atoms with Crippen molar-refractivity contribution in [3.05, 3.63) is 40.3 Å². The van der Waals surface area contributed by atoms with E-state index >= 15 is 0 Å². The quantitative estimate of drug-likeness (QED) is 0.728. The predicted molar refractivity (Wildman–Crippen MR) is 102 cm³/mol. The van der Waals surface area contributed by atoms with Gasteiger partial charge in [-0.25, -0.2) is 4.98 Å². The number of rotatable bonds is 4. The van der Waals surface area contributed by atoms with Crippen LogP contribution in [-0.2, 0) is 4.79 Å². The second-order valence-electron chi connectivity index (χ2n) is 7.19. The van der Waals surface area contributed by atoms with Gasteiger partial charge in [0.15, 0.2) is 0 Å². The highest BCUT2D eigenvalue weighted by molar-refractivity contribution is 5.97. The second kappa shape index (κ2) is 7.87. The molecule has 8 nitrogen and oxygen atoms in total. The summed E-state index contributed by atoms with van der Waals surface area (Å²) in [5, 5.41) is 3.03. The summed E-state index contributed by atoms with van der Waals surface area (Å²) in [5.74, 6) is 0.0834. The summed E-state index contributed by atoms with van der Waals surface area (Å²) < 4.78 is 0. The number of benzene rings is 1. The Morgan fingerprint density at radius 3 is 2.67 bits per heavy atom. The maximum atomic E-state index is 12.6. The van der Waals surface area contributed by atoms with E-state index in [1.807, 2.05) is 6.92 Å². The molecule has 0 spiro atoms. The normalized spacial score (nSPS) is 17.5. The molecule has 3 rings (SSSR count). The van der Waals surface area contributed by atoms with Gasteiger partial charge in [-0.3, -0.25) is 14.4 Å². The molecule has 1 aromatic carbocycles. The highest BCUT2D eigenvalue weighted by Crippen LogP contribution is 2.21. The number of nitrogens with one attached hydrogen (secondary N) is 2. The summed E-state index contributed by atoms with van der Waals surface area (Å²) in [6, 6.07) is 4.54. The van der Waals surface area contributed by atoms with Crippen molar-refractivity contribution in [3.8, 4) is 0 Å². The largest absolute Gasteiger partial charge is 0.349 e. The Labute approximate surface area is 157 Å². The smallest absolute Gasteiger partial charge is 0.266 e. The minimum atomic E-state index is -0.479. The van der Waals surface area contributed by atoms with Crippen LogP contribution in [0.3, 0.4) is 0 Å². The van der Waals surface area contributed by atoms with Gasteiger partial charge in [0.25, 0.3) is 11.5 Å². The molecule has 0 saturated carbocycles. The third kappa shape index (κ3) is 4.33. The van der Waals surface area contributed by atoms with E-state index in [0.717, 1.165) is 12.8 Å². The summed E-state index contributed by atoms with van der Waals surface area (Å²) in [6.07, 6.45) is 2.87. The highest BCUT2D eigenvalue weighted by atomic mass is 16.2. The Kier molecular flexibility index (Phi) is 5.55. The van der Waals surface area contributed by atoms with Crippen molar-refractivity contribution in [2.24, 2.45) is 11.7 Å². The lowest BCUT2D eigenvalue weighted by Crippen LogP contribution is -2.49. The number of aromatic amines is 1. The molecule has 2 amide bonds. The van der Waals surface area contributed by atoms with Crippen molar-refractivity contribution in [1.82, 2.24) is 20.2 Å². The molecule has 1 aliphatic rings. The molecule has 27 heavy (non-hydrogen) atoms. The Balaban J connectivity index is 1.61. The van der Waals surface area contributed by atoms with Crippen LogP contribution in [0.15, 0.2) is 29.2 Å². The van der Waals surface area contributed by atoms with E-state index in [4.69, 9.17) is 5.73 Å². The molecule has 1 fully saturated rings. The Morgan fingerprint density at radius 1 is 1.30 bits per heavy atom. The van der Waals surface area contributed by atoms with E-state index < -0.39 is 6.04 Å². The third-order valence-corrected chi connectivity index (χ3v) is 5.14. The van der Waals surface area contributed by atoms with Crippen LogP contribution in [0, 0.1) is 5.92 Å². The van der Waals surface area contributed by atoms with Gasteiger partial charge >= 0.3 is 0 Å². The van der Waals surface area contributed by atoms with Gasteiger partial charge in [-0.05, 0) is 50.8 Å². The number of piperidine rings is 1. The molecule has 0 radical (unpaired) electrons. The zero-order valence-electron chi connectivity index (χ0n) is 15.6. The second-order valence-corrected chi connectivity index (χ2v) is 7.19. The third-order valence-electron chi connectivity index (χ3n) is 5.14. The van der Waals surface area contributed by atoms with Crippen LogP contribution in [0.5, 0.6) is 0 Å². The van der Waals surface area contributed by atoms with Crippen LogP contribution >= 0.6 is 0 Å². The molecule has 8 heteroatoms. The number of carbonyl (C=O) groups is 2. The molecule has 0 bridgehead atoms. The molecule has 1 aromatic heterocycles. The summed E-state index contributed by atoms with van der Waals surface area (Å²) in [4.78, 5) is 44.5. The van der Waals surface area contributed by atoms with E-state index in [1.54, 1.807) is 30.0 Å². The maximum Gasteiger partial charge on any atom is 0.266 e. The zero-order valence-corrected chi connectivity index (χ0v) is 15.6. The molecule has 2 unspecified atom stereocenters. The van der Waals surface area contributed by atoms with E-state index in [2.05, 4.69) is 15.3 Å². The number of hydrogen-bond acceptors (Lipinski definition) is 5. The number of fused-ring (bicyclic) bond motifs is 1. The standard InChI is InChI=1S/C19H25N5O3/c1-11(20)19(27)24-7-5-13(6-8-24)12(2)22-18(26)14-3-4-15-16(9-14)23-17(25)10-21-15/h3-4,9-13H,5-8,20H2,1-2H3,(H,22,26)(H,23,25). The molecule has 1 aliphatic heterocycles. The number of carbonyl (C=O) groups excluding carboxylic acids is 2. The monoisotopic (exact) mass is 371 g/mol. The van der Waals surface area contributed by atoms with Crippen molar-refractivity contribution < 1.29 is 9.59 Å². The lowest BCUT2D eigenvalue weighted by molar-refractivity contribution is -0.133.